The van der Waals surface area contributed by atoms with Crippen molar-refractivity contribution in [2.75, 3.05) is 33.4 Å². The largest absolute Gasteiger partial charge is 0.385 e. The molecule has 1 aliphatic rings. The van der Waals surface area contributed by atoms with E-state index in [2.05, 4.69) is 22.7 Å². The van der Waals surface area contributed by atoms with Crippen LogP contribution in [0.15, 0.2) is 23.5 Å². The molecule has 2 rings (SSSR count). The maximum Gasteiger partial charge on any atom is 0.191 e. The van der Waals surface area contributed by atoms with E-state index in [1.807, 2.05) is 23.1 Å². The zero-order valence-corrected chi connectivity index (χ0v) is 14.6. The number of ether oxygens (including phenoxy) is 1. The maximum atomic E-state index is 5.25. The van der Waals surface area contributed by atoms with Crippen molar-refractivity contribution in [1.82, 2.24) is 20.4 Å². The van der Waals surface area contributed by atoms with E-state index in [4.69, 9.17) is 9.73 Å². The van der Waals surface area contributed by atoms with Gasteiger partial charge in [0.2, 0.25) is 0 Å². The number of nitrogens with zero attached hydrogens (tertiary/aromatic N) is 3. The van der Waals surface area contributed by atoms with E-state index in [0.717, 1.165) is 51.6 Å². The number of nitrogens with one attached hydrogen (secondary N) is 2. The van der Waals surface area contributed by atoms with Crippen LogP contribution >= 0.6 is 0 Å². The first kappa shape index (κ1) is 17.8. The van der Waals surface area contributed by atoms with Crippen LogP contribution in [-0.4, -0.2) is 49.1 Å². The van der Waals surface area contributed by atoms with Crippen molar-refractivity contribution in [1.29, 1.82) is 0 Å². The molecular formula is C17H31N5O. The van der Waals surface area contributed by atoms with E-state index in [9.17, 15) is 0 Å². The second-order valence-corrected chi connectivity index (χ2v) is 6.34. The number of rotatable bonds is 10. The molecule has 0 unspecified atom stereocenters. The molecule has 0 aliphatic heterocycles. The number of hydrogen-bond acceptors (Lipinski definition) is 3. The van der Waals surface area contributed by atoms with Gasteiger partial charge in [0.1, 0.15) is 0 Å². The fourth-order valence-corrected chi connectivity index (χ4v) is 2.95. The third-order valence-electron chi connectivity index (χ3n) is 4.58. The quantitative estimate of drug-likeness (QED) is 0.393. The zero-order valence-electron chi connectivity index (χ0n) is 14.6. The van der Waals surface area contributed by atoms with E-state index in [-0.39, 0.29) is 0 Å². The molecule has 1 aromatic heterocycles. The van der Waals surface area contributed by atoms with Gasteiger partial charge in [-0.15, -0.1) is 0 Å². The van der Waals surface area contributed by atoms with Gasteiger partial charge in [-0.3, -0.25) is 9.67 Å². The Bertz CT molecular complexity index is 454. The van der Waals surface area contributed by atoms with Crippen LogP contribution in [0.2, 0.25) is 0 Å². The Morgan fingerprint density at radius 2 is 2.26 bits per heavy atom. The van der Waals surface area contributed by atoms with Gasteiger partial charge in [0.25, 0.3) is 0 Å². The van der Waals surface area contributed by atoms with Crippen LogP contribution in [0, 0.1) is 5.41 Å². The summed E-state index contributed by atoms with van der Waals surface area (Å²) >= 11 is 0. The van der Waals surface area contributed by atoms with Crippen LogP contribution in [0.1, 0.15) is 39.0 Å². The van der Waals surface area contributed by atoms with Gasteiger partial charge >= 0.3 is 0 Å². The molecule has 0 atom stereocenters. The van der Waals surface area contributed by atoms with Crippen LogP contribution in [0.5, 0.6) is 0 Å². The van der Waals surface area contributed by atoms with Gasteiger partial charge in [0, 0.05) is 52.3 Å². The topological polar surface area (TPSA) is 63.5 Å². The Balaban J connectivity index is 1.74. The summed E-state index contributed by atoms with van der Waals surface area (Å²) in [5.74, 6) is 0.927. The molecule has 0 radical (unpaired) electrons. The molecular weight excluding hydrogens is 290 g/mol. The predicted octanol–water partition coefficient (Wildman–Crippen LogP) is 2.04. The van der Waals surface area contributed by atoms with Crippen molar-refractivity contribution >= 4 is 5.96 Å². The van der Waals surface area contributed by atoms with Crippen LogP contribution in [0.3, 0.4) is 0 Å². The second kappa shape index (κ2) is 9.55. The molecule has 6 heteroatoms. The van der Waals surface area contributed by atoms with Gasteiger partial charge < -0.3 is 15.4 Å². The molecule has 23 heavy (non-hydrogen) atoms. The van der Waals surface area contributed by atoms with Gasteiger partial charge in [-0.1, -0.05) is 6.42 Å². The molecule has 0 spiro atoms. The van der Waals surface area contributed by atoms with Gasteiger partial charge in [-0.05, 0) is 44.1 Å². The molecule has 1 aromatic rings. The Morgan fingerprint density at radius 1 is 1.39 bits per heavy atom. The van der Waals surface area contributed by atoms with E-state index >= 15 is 0 Å². The van der Waals surface area contributed by atoms with Gasteiger partial charge in [0.05, 0.1) is 0 Å². The highest BCUT2D eigenvalue weighted by Gasteiger charge is 2.36. The molecule has 2 N–H and O–H groups in total. The number of aryl methyl sites for hydroxylation is 1. The summed E-state index contributed by atoms with van der Waals surface area (Å²) in [6.45, 7) is 6.54. The lowest BCUT2D eigenvalue weighted by Gasteiger charge is -2.40. The Morgan fingerprint density at radius 3 is 2.87 bits per heavy atom. The third-order valence-corrected chi connectivity index (χ3v) is 4.58. The average molecular weight is 321 g/mol. The minimum absolute atomic E-state index is 0.368. The molecule has 1 saturated carbocycles. The summed E-state index contributed by atoms with van der Waals surface area (Å²) in [5.41, 5.74) is 0.368. The highest BCUT2D eigenvalue weighted by Crippen LogP contribution is 2.44. The number of aliphatic imine (C=N–C) groups is 1. The smallest absolute Gasteiger partial charge is 0.191 e. The van der Waals surface area contributed by atoms with Crippen molar-refractivity contribution in [2.45, 2.75) is 45.6 Å². The zero-order chi connectivity index (χ0) is 16.4. The monoisotopic (exact) mass is 321 g/mol. The van der Waals surface area contributed by atoms with Crippen LogP contribution < -0.4 is 10.6 Å². The van der Waals surface area contributed by atoms with Crippen molar-refractivity contribution in [3.05, 3.63) is 18.5 Å². The van der Waals surface area contributed by atoms with Gasteiger partial charge in [-0.2, -0.15) is 5.10 Å². The minimum Gasteiger partial charge on any atom is -0.385 e. The van der Waals surface area contributed by atoms with E-state index in [0.29, 0.717) is 5.41 Å². The first-order valence-corrected chi connectivity index (χ1v) is 8.76. The summed E-state index contributed by atoms with van der Waals surface area (Å²) in [4.78, 5) is 4.81. The highest BCUT2D eigenvalue weighted by atomic mass is 16.5. The fourth-order valence-electron chi connectivity index (χ4n) is 2.95. The maximum absolute atomic E-state index is 5.25. The van der Waals surface area contributed by atoms with Crippen LogP contribution in [0.4, 0.5) is 0 Å². The first-order valence-electron chi connectivity index (χ1n) is 8.76. The van der Waals surface area contributed by atoms with Crippen LogP contribution in [0.25, 0.3) is 0 Å². The molecule has 1 aliphatic carbocycles. The summed E-state index contributed by atoms with van der Waals surface area (Å²) in [7, 11) is 1.78. The normalized spacial score (nSPS) is 16.9. The molecule has 130 valence electrons. The SMILES string of the molecule is CCNC(=NCC1(CCOC)CCC1)NCCCn1cccn1. The van der Waals surface area contributed by atoms with Crippen LogP contribution in [-0.2, 0) is 11.3 Å². The highest BCUT2D eigenvalue weighted by molar-refractivity contribution is 5.79. The third kappa shape index (κ3) is 5.86. The van der Waals surface area contributed by atoms with E-state index in [1.54, 1.807) is 7.11 Å². The van der Waals surface area contributed by atoms with Crippen molar-refractivity contribution < 1.29 is 4.74 Å². The molecule has 0 amide bonds. The molecule has 0 saturated heterocycles. The summed E-state index contributed by atoms with van der Waals surface area (Å²) < 4.78 is 7.21. The lowest BCUT2D eigenvalue weighted by atomic mass is 9.67. The molecule has 1 heterocycles. The number of methoxy groups -OCH3 is 1. The Kier molecular flexibility index (Phi) is 7.39. The molecule has 0 aromatic carbocycles. The molecule has 0 bridgehead atoms. The van der Waals surface area contributed by atoms with Crippen molar-refractivity contribution in [2.24, 2.45) is 10.4 Å². The fraction of sp³-hybridized carbons (Fsp3) is 0.765. The van der Waals surface area contributed by atoms with Crippen molar-refractivity contribution in [3.63, 3.8) is 0 Å². The Labute approximate surface area is 139 Å². The second-order valence-electron chi connectivity index (χ2n) is 6.34. The van der Waals surface area contributed by atoms with E-state index in [1.165, 1.54) is 19.3 Å². The van der Waals surface area contributed by atoms with Gasteiger partial charge in [0.15, 0.2) is 5.96 Å². The summed E-state index contributed by atoms with van der Waals surface area (Å²) in [6, 6.07) is 1.96. The summed E-state index contributed by atoms with van der Waals surface area (Å²) in [5, 5.41) is 11.0. The lowest BCUT2D eigenvalue weighted by molar-refractivity contribution is 0.0778. The predicted molar refractivity (Wildman–Crippen MR) is 93.6 cm³/mol. The van der Waals surface area contributed by atoms with Gasteiger partial charge in [-0.25, -0.2) is 0 Å². The lowest BCUT2D eigenvalue weighted by Crippen LogP contribution is -2.40. The summed E-state index contributed by atoms with van der Waals surface area (Å²) in [6.07, 6.45) is 9.84. The average Bonchev–Trinajstić information content (AvgIpc) is 3.03. The standard InChI is InChI=1S/C17H31N5O/c1-3-18-16(19-10-5-12-22-13-6-11-21-22)20-15-17(7-4-8-17)9-14-23-2/h6,11,13H,3-5,7-10,12,14-15H2,1-2H3,(H2,18,19,20). The Hall–Kier alpha value is -1.56. The van der Waals surface area contributed by atoms with Crippen molar-refractivity contribution in [3.8, 4) is 0 Å². The number of guanidine groups is 1. The minimum atomic E-state index is 0.368. The molecule has 6 nitrogen and oxygen atoms in total. The molecule has 1 fully saturated rings. The number of hydrogen-bond donors (Lipinski definition) is 2. The first-order chi connectivity index (χ1) is 11.3. The number of aromatic nitrogens is 2. The van der Waals surface area contributed by atoms with E-state index < -0.39 is 0 Å².